The highest BCUT2D eigenvalue weighted by Crippen LogP contribution is 2.26. The Morgan fingerprint density at radius 2 is 1.57 bits per heavy atom. The lowest BCUT2D eigenvalue weighted by molar-refractivity contribution is 0.317. The highest BCUT2D eigenvalue weighted by molar-refractivity contribution is 5.31. The van der Waals surface area contributed by atoms with E-state index in [4.69, 9.17) is 5.10 Å². The van der Waals surface area contributed by atoms with Crippen molar-refractivity contribution in [2.24, 2.45) is 0 Å². The fourth-order valence-electron chi connectivity index (χ4n) is 4.12. The molecule has 2 heterocycles. The van der Waals surface area contributed by atoms with Gasteiger partial charge in [-0.15, -0.1) is 5.10 Å². The second-order valence-corrected chi connectivity index (χ2v) is 7.46. The molecule has 4 rings (SSSR count). The molecule has 1 aromatic heterocycles. The van der Waals surface area contributed by atoms with Gasteiger partial charge in [-0.1, -0.05) is 55.5 Å². The molecule has 2 aromatic carbocycles. The molecule has 1 aliphatic heterocycles. The molecule has 1 fully saturated rings. The Balaban J connectivity index is 1.75. The van der Waals surface area contributed by atoms with Crippen LogP contribution in [0.1, 0.15) is 43.5 Å². The van der Waals surface area contributed by atoms with Gasteiger partial charge in [0, 0.05) is 19.0 Å². The van der Waals surface area contributed by atoms with Crippen molar-refractivity contribution in [2.45, 2.75) is 38.6 Å². The van der Waals surface area contributed by atoms with Crippen molar-refractivity contribution in [1.82, 2.24) is 19.2 Å². The van der Waals surface area contributed by atoms with E-state index in [1.165, 1.54) is 18.4 Å². The molecular formula is C23H28N4O. The van der Waals surface area contributed by atoms with Gasteiger partial charge in [0.05, 0.1) is 5.69 Å². The van der Waals surface area contributed by atoms with E-state index in [1.54, 1.807) is 4.68 Å². The van der Waals surface area contributed by atoms with Crippen molar-refractivity contribution in [1.29, 1.82) is 0 Å². The minimum absolute atomic E-state index is 0.0465. The van der Waals surface area contributed by atoms with Crippen LogP contribution in [0.25, 0.3) is 5.69 Å². The van der Waals surface area contributed by atoms with E-state index in [2.05, 4.69) is 36.1 Å². The Bertz CT molecular complexity index is 940. The number of hydrogen-bond acceptors (Lipinski definition) is 3. The molecule has 5 heteroatoms. The van der Waals surface area contributed by atoms with Gasteiger partial charge in [-0.2, -0.15) is 4.68 Å². The lowest BCUT2D eigenvalue weighted by atomic mass is 9.95. The average molecular weight is 377 g/mol. The third-order valence-corrected chi connectivity index (χ3v) is 5.65. The lowest BCUT2D eigenvalue weighted by Gasteiger charge is -2.18. The molecule has 28 heavy (non-hydrogen) atoms. The number of rotatable bonds is 7. The fraction of sp³-hybridized carbons (Fsp3) is 0.391. The topological polar surface area (TPSA) is 43.1 Å². The zero-order valence-electron chi connectivity index (χ0n) is 16.5. The third-order valence-electron chi connectivity index (χ3n) is 5.65. The predicted octanol–water partition coefficient (Wildman–Crippen LogP) is 3.67. The first-order chi connectivity index (χ1) is 13.8. The molecule has 0 N–H and O–H groups in total. The van der Waals surface area contributed by atoms with E-state index in [1.807, 2.05) is 41.0 Å². The van der Waals surface area contributed by atoms with E-state index in [-0.39, 0.29) is 11.6 Å². The van der Waals surface area contributed by atoms with E-state index < -0.39 is 0 Å². The molecule has 146 valence electrons. The standard InChI is InChI=1S/C23H28N4O/c1-2-21(19-11-5-3-6-12-19)22-24-27(20-13-7-4-8-14-20)23(28)26(22)18-17-25-15-9-10-16-25/h3-8,11-14,21H,2,9-10,15-18H2,1H3. The maximum atomic E-state index is 13.3. The van der Waals surface area contributed by atoms with Crippen molar-refractivity contribution in [3.05, 3.63) is 82.5 Å². The number of nitrogens with zero attached hydrogens (tertiary/aromatic N) is 4. The van der Waals surface area contributed by atoms with Gasteiger partial charge in [0.2, 0.25) is 0 Å². The minimum Gasteiger partial charge on any atom is -0.302 e. The van der Waals surface area contributed by atoms with Crippen molar-refractivity contribution in [3.63, 3.8) is 0 Å². The van der Waals surface area contributed by atoms with E-state index >= 15 is 0 Å². The second kappa shape index (κ2) is 8.57. The average Bonchev–Trinajstić information content (AvgIpc) is 3.37. The van der Waals surface area contributed by atoms with E-state index in [0.29, 0.717) is 6.54 Å². The molecule has 0 spiro atoms. The summed E-state index contributed by atoms with van der Waals surface area (Å²) in [5.74, 6) is 0.971. The number of benzene rings is 2. The Morgan fingerprint density at radius 1 is 0.929 bits per heavy atom. The minimum atomic E-state index is -0.0465. The van der Waals surface area contributed by atoms with Gasteiger partial charge in [0.25, 0.3) is 0 Å². The molecule has 0 aliphatic carbocycles. The monoisotopic (exact) mass is 376 g/mol. The van der Waals surface area contributed by atoms with Crippen LogP contribution in [0.4, 0.5) is 0 Å². The molecule has 0 amide bonds. The van der Waals surface area contributed by atoms with Crippen LogP contribution in [0.2, 0.25) is 0 Å². The summed E-state index contributed by atoms with van der Waals surface area (Å²) in [5.41, 5.74) is 1.98. The van der Waals surface area contributed by atoms with Crippen LogP contribution in [0, 0.1) is 0 Å². The predicted molar refractivity (Wildman–Crippen MR) is 112 cm³/mol. The smallest absolute Gasteiger partial charge is 0.302 e. The van der Waals surface area contributed by atoms with Crippen LogP contribution in [-0.2, 0) is 6.54 Å². The van der Waals surface area contributed by atoms with E-state index in [9.17, 15) is 4.79 Å². The van der Waals surface area contributed by atoms with Crippen LogP contribution in [0.5, 0.6) is 0 Å². The molecule has 1 atom stereocenters. The summed E-state index contributed by atoms with van der Waals surface area (Å²) >= 11 is 0. The van der Waals surface area contributed by atoms with Crippen LogP contribution in [0.15, 0.2) is 65.5 Å². The summed E-state index contributed by atoms with van der Waals surface area (Å²) in [5, 5.41) is 4.82. The SMILES string of the molecule is CCC(c1ccccc1)c1nn(-c2ccccc2)c(=O)n1CCN1CCCC1. The number of aromatic nitrogens is 3. The van der Waals surface area contributed by atoms with Crippen LogP contribution in [-0.4, -0.2) is 38.9 Å². The highest BCUT2D eigenvalue weighted by Gasteiger charge is 2.23. The zero-order chi connectivity index (χ0) is 19.3. The molecule has 0 radical (unpaired) electrons. The molecule has 0 saturated carbocycles. The fourth-order valence-corrected chi connectivity index (χ4v) is 4.12. The van der Waals surface area contributed by atoms with Crippen molar-refractivity contribution in [2.75, 3.05) is 19.6 Å². The first-order valence-corrected chi connectivity index (χ1v) is 10.3. The van der Waals surface area contributed by atoms with E-state index in [0.717, 1.165) is 37.6 Å². The van der Waals surface area contributed by atoms with Crippen molar-refractivity contribution < 1.29 is 0 Å². The molecule has 5 nitrogen and oxygen atoms in total. The quantitative estimate of drug-likeness (QED) is 0.632. The van der Waals surface area contributed by atoms with Crippen molar-refractivity contribution >= 4 is 0 Å². The molecule has 0 bridgehead atoms. The summed E-state index contributed by atoms with van der Waals surface area (Å²) < 4.78 is 3.46. The Morgan fingerprint density at radius 3 is 2.21 bits per heavy atom. The van der Waals surface area contributed by atoms with Gasteiger partial charge < -0.3 is 4.90 Å². The first-order valence-electron chi connectivity index (χ1n) is 10.3. The highest BCUT2D eigenvalue weighted by atomic mass is 16.2. The van der Waals surface area contributed by atoms with Gasteiger partial charge in [0.15, 0.2) is 0 Å². The Kier molecular flexibility index (Phi) is 5.72. The largest absolute Gasteiger partial charge is 0.350 e. The third kappa shape index (κ3) is 3.80. The Hall–Kier alpha value is -2.66. The van der Waals surface area contributed by atoms with Gasteiger partial charge in [0.1, 0.15) is 5.82 Å². The van der Waals surface area contributed by atoms with Gasteiger partial charge in [-0.25, -0.2) is 4.79 Å². The lowest BCUT2D eigenvalue weighted by Crippen LogP contribution is -2.31. The molecular weight excluding hydrogens is 348 g/mol. The van der Waals surface area contributed by atoms with Gasteiger partial charge in [-0.05, 0) is 50.0 Å². The van der Waals surface area contributed by atoms with Gasteiger partial charge in [-0.3, -0.25) is 4.57 Å². The Labute approximate surface area is 166 Å². The summed E-state index contributed by atoms with van der Waals surface area (Å²) in [7, 11) is 0. The van der Waals surface area contributed by atoms with Crippen LogP contribution >= 0.6 is 0 Å². The second-order valence-electron chi connectivity index (χ2n) is 7.46. The maximum absolute atomic E-state index is 13.3. The molecule has 1 unspecified atom stereocenters. The normalized spacial score (nSPS) is 15.8. The number of para-hydroxylation sites is 1. The maximum Gasteiger partial charge on any atom is 0.350 e. The summed E-state index contributed by atoms with van der Waals surface area (Å²) in [4.78, 5) is 15.7. The zero-order valence-corrected chi connectivity index (χ0v) is 16.5. The van der Waals surface area contributed by atoms with Gasteiger partial charge >= 0.3 is 5.69 Å². The molecule has 3 aromatic rings. The first kappa shape index (κ1) is 18.7. The number of likely N-dealkylation sites (tertiary alicyclic amines) is 1. The van der Waals surface area contributed by atoms with Crippen LogP contribution < -0.4 is 5.69 Å². The van der Waals surface area contributed by atoms with Crippen LogP contribution in [0.3, 0.4) is 0 Å². The molecule has 1 aliphatic rings. The van der Waals surface area contributed by atoms with Crippen molar-refractivity contribution in [3.8, 4) is 5.69 Å². The molecule has 1 saturated heterocycles. The summed E-state index contributed by atoms with van der Waals surface area (Å²) in [6.45, 7) is 6.01. The summed E-state index contributed by atoms with van der Waals surface area (Å²) in [6, 6.07) is 20.1. The summed E-state index contributed by atoms with van der Waals surface area (Å²) in [6.07, 6.45) is 3.41. The number of hydrogen-bond donors (Lipinski definition) is 0.